The van der Waals surface area contributed by atoms with Gasteiger partial charge in [0, 0.05) is 31.1 Å². The van der Waals surface area contributed by atoms with E-state index in [-0.39, 0.29) is 36.9 Å². The Bertz CT molecular complexity index is 1220. The van der Waals surface area contributed by atoms with E-state index in [2.05, 4.69) is 5.32 Å². The summed E-state index contributed by atoms with van der Waals surface area (Å²) in [5.41, 5.74) is 1.42. The first kappa shape index (κ1) is 24.2. The topological polar surface area (TPSA) is 67.9 Å². The van der Waals surface area contributed by atoms with Crippen LogP contribution in [0.15, 0.2) is 66.7 Å². The highest BCUT2D eigenvalue weighted by Crippen LogP contribution is 2.40. The second-order valence-corrected chi connectivity index (χ2v) is 8.36. The number of hydrogen-bond donors (Lipinski definition) is 1. The summed E-state index contributed by atoms with van der Waals surface area (Å²) in [5.74, 6) is -1.61. The van der Waals surface area contributed by atoms with Crippen LogP contribution in [0.1, 0.15) is 27.4 Å². The Morgan fingerprint density at radius 3 is 2.40 bits per heavy atom. The number of likely N-dealkylation sites (tertiary alicyclic amines) is 1. The molecule has 0 saturated carbocycles. The maximum Gasteiger partial charge on any atom is 0.256 e. The average molecular weight is 481 g/mol. The highest BCUT2D eigenvalue weighted by Gasteiger charge is 2.42. The molecule has 0 aromatic heterocycles. The van der Waals surface area contributed by atoms with E-state index in [1.54, 1.807) is 43.5 Å². The number of ether oxygens (including phenoxy) is 2. The van der Waals surface area contributed by atoms with Crippen LogP contribution in [0.2, 0.25) is 0 Å². The number of amides is 2. The van der Waals surface area contributed by atoms with Gasteiger partial charge in [0.05, 0.1) is 25.7 Å². The minimum atomic E-state index is -0.618. The fourth-order valence-corrected chi connectivity index (χ4v) is 4.41. The van der Waals surface area contributed by atoms with Crippen molar-refractivity contribution >= 4 is 11.8 Å². The minimum absolute atomic E-state index is 0.0452. The molecule has 0 aliphatic carbocycles. The molecule has 1 N–H and O–H groups in total. The average Bonchev–Trinajstić information content (AvgIpc) is 3.33. The standard InChI is InChI=1S/C27H26F2N2O4/c1-34-19-11-12-25(35-2)21(13-19)22-15-31(27(33)20-5-3-4-6-24(20)29)16-23(22)26(32)30-14-17-7-9-18(28)10-8-17/h3-13,22-23H,14-16H2,1-2H3,(H,30,32)/t22-,23+/m0/s1. The molecule has 6 nitrogen and oxygen atoms in total. The molecule has 0 unspecified atom stereocenters. The Hall–Kier alpha value is -3.94. The quantitative estimate of drug-likeness (QED) is 0.552. The zero-order chi connectivity index (χ0) is 24.9. The Morgan fingerprint density at radius 2 is 1.71 bits per heavy atom. The number of rotatable bonds is 7. The highest BCUT2D eigenvalue weighted by atomic mass is 19.1. The molecule has 1 aliphatic heterocycles. The molecule has 0 spiro atoms. The largest absolute Gasteiger partial charge is 0.497 e. The number of carbonyl (C=O) groups is 2. The van der Waals surface area contributed by atoms with Crippen molar-refractivity contribution in [2.24, 2.45) is 5.92 Å². The summed E-state index contributed by atoms with van der Waals surface area (Å²) < 4.78 is 38.5. The van der Waals surface area contributed by atoms with Crippen LogP contribution in [0.5, 0.6) is 11.5 Å². The summed E-state index contributed by atoms with van der Waals surface area (Å²) in [6.07, 6.45) is 0. The lowest BCUT2D eigenvalue weighted by Gasteiger charge is -2.21. The molecule has 1 fully saturated rings. The number of nitrogens with one attached hydrogen (secondary N) is 1. The first-order chi connectivity index (χ1) is 16.9. The second-order valence-electron chi connectivity index (χ2n) is 8.36. The van der Waals surface area contributed by atoms with Gasteiger partial charge in [0.25, 0.3) is 5.91 Å². The van der Waals surface area contributed by atoms with E-state index in [4.69, 9.17) is 9.47 Å². The Balaban J connectivity index is 1.63. The zero-order valence-electron chi connectivity index (χ0n) is 19.5. The van der Waals surface area contributed by atoms with Gasteiger partial charge in [-0.05, 0) is 48.0 Å². The predicted molar refractivity (Wildman–Crippen MR) is 126 cm³/mol. The molecule has 0 radical (unpaired) electrons. The van der Waals surface area contributed by atoms with Crippen molar-refractivity contribution in [2.45, 2.75) is 12.5 Å². The van der Waals surface area contributed by atoms with Gasteiger partial charge in [0.15, 0.2) is 0 Å². The zero-order valence-corrected chi connectivity index (χ0v) is 19.5. The molecular weight excluding hydrogens is 454 g/mol. The molecule has 1 saturated heterocycles. The van der Waals surface area contributed by atoms with E-state index in [1.165, 1.54) is 42.3 Å². The lowest BCUT2D eigenvalue weighted by atomic mass is 9.87. The van der Waals surface area contributed by atoms with Crippen molar-refractivity contribution < 1.29 is 27.8 Å². The third-order valence-electron chi connectivity index (χ3n) is 6.26. The van der Waals surface area contributed by atoms with Gasteiger partial charge in [-0.25, -0.2) is 8.78 Å². The molecule has 3 aromatic rings. The van der Waals surface area contributed by atoms with Crippen LogP contribution in [0.3, 0.4) is 0 Å². The Morgan fingerprint density at radius 1 is 0.971 bits per heavy atom. The maximum atomic E-state index is 14.3. The fourth-order valence-electron chi connectivity index (χ4n) is 4.41. The highest BCUT2D eigenvalue weighted by molar-refractivity contribution is 5.95. The van der Waals surface area contributed by atoms with Crippen molar-refractivity contribution in [3.63, 3.8) is 0 Å². The molecule has 8 heteroatoms. The van der Waals surface area contributed by atoms with Gasteiger partial charge in [-0.2, -0.15) is 0 Å². The van der Waals surface area contributed by atoms with Gasteiger partial charge in [-0.3, -0.25) is 9.59 Å². The second kappa shape index (κ2) is 10.5. The lowest BCUT2D eigenvalue weighted by Crippen LogP contribution is -2.35. The monoisotopic (exact) mass is 480 g/mol. The molecule has 35 heavy (non-hydrogen) atoms. The van der Waals surface area contributed by atoms with Gasteiger partial charge in [0.1, 0.15) is 23.1 Å². The Labute approximate surface area is 202 Å². The SMILES string of the molecule is COc1ccc(OC)c([C@@H]2CN(C(=O)c3ccccc3F)C[C@H]2C(=O)NCc2ccc(F)cc2)c1. The van der Waals surface area contributed by atoms with E-state index in [0.717, 1.165) is 11.1 Å². The Kier molecular flexibility index (Phi) is 7.29. The van der Waals surface area contributed by atoms with E-state index < -0.39 is 23.6 Å². The van der Waals surface area contributed by atoms with E-state index in [0.29, 0.717) is 11.5 Å². The number of carbonyl (C=O) groups excluding carboxylic acids is 2. The van der Waals surface area contributed by atoms with Crippen LogP contribution in [0.4, 0.5) is 8.78 Å². The van der Waals surface area contributed by atoms with Gasteiger partial charge in [-0.15, -0.1) is 0 Å². The third-order valence-corrected chi connectivity index (χ3v) is 6.26. The lowest BCUT2D eigenvalue weighted by molar-refractivity contribution is -0.125. The first-order valence-corrected chi connectivity index (χ1v) is 11.2. The first-order valence-electron chi connectivity index (χ1n) is 11.2. The molecule has 2 atom stereocenters. The molecule has 2 amide bonds. The van der Waals surface area contributed by atoms with Crippen molar-refractivity contribution in [2.75, 3.05) is 27.3 Å². The van der Waals surface area contributed by atoms with Crippen LogP contribution in [0.25, 0.3) is 0 Å². The van der Waals surface area contributed by atoms with Crippen LogP contribution in [0, 0.1) is 17.6 Å². The van der Waals surface area contributed by atoms with Crippen LogP contribution < -0.4 is 14.8 Å². The summed E-state index contributed by atoms with van der Waals surface area (Å²) in [5, 5.41) is 2.89. The van der Waals surface area contributed by atoms with E-state index in [9.17, 15) is 18.4 Å². The van der Waals surface area contributed by atoms with Crippen molar-refractivity contribution in [3.05, 3.63) is 95.1 Å². The van der Waals surface area contributed by atoms with Gasteiger partial charge in [-0.1, -0.05) is 24.3 Å². The smallest absolute Gasteiger partial charge is 0.256 e. The molecule has 0 bridgehead atoms. The number of nitrogens with zero attached hydrogens (tertiary/aromatic N) is 1. The number of halogens is 2. The normalized spacial score (nSPS) is 17.2. The molecule has 1 aliphatic rings. The molecule has 3 aromatic carbocycles. The summed E-state index contributed by atoms with van der Waals surface area (Å²) in [6, 6.07) is 16.9. The van der Waals surface area contributed by atoms with E-state index >= 15 is 0 Å². The summed E-state index contributed by atoms with van der Waals surface area (Å²) in [4.78, 5) is 28.0. The molecule has 1 heterocycles. The number of hydrogen-bond acceptors (Lipinski definition) is 4. The molecule has 4 rings (SSSR count). The van der Waals surface area contributed by atoms with Crippen LogP contribution in [-0.2, 0) is 11.3 Å². The summed E-state index contributed by atoms with van der Waals surface area (Å²) >= 11 is 0. The fraction of sp³-hybridized carbons (Fsp3) is 0.259. The van der Waals surface area contributed by atoms with Crippen LogP contribution in [-0.4, -0.2) is 44.0 Å². The van der Waals surface area contributed by atoms with Gasteiger partial charge in [0.2, 0.25) is 5.91 Å². The summed E-state index contributed by atoms with van der Waals surface area (Å²) in [7, 11) is 3.08. The molecular formula is C27H26F2N2O4. The predicted octanol–water partition coefficient (Wildman–Crippen LogP) is 4.15. The van der Waals surface area contributed by atoms with Crippen molar-refractivity contribution in [1.82, 2.24) is 10.2 Å². The summed E-state index contributed by atoms with van der Waals surface area (Å²) in [6.45, 7) is 0.512. The molecule has 182 valence electrons. The van der Waals surface area contributed by atoms with E-state index in [1.807, 2.05) is 0 Å². The van der Waals surface area contributed by atoms with Crippen molar-refractivity contribution in [1.29, 1.82) is 0 Å². The third kappa shape index (κ3) is 5.26. The van der Waals surface area contributed by atoms with Gasteiger partial charge < -0.3 is 19.7 Å². The van der Waals surface area contributed by atoms with Gasteiger partial charge >= 0.3 is 0 Å². The minimum Gasteiger partial charge on any atom is -0.497 e. The number of benzene rings is 3. The van der Waals surface area contributed by atoms with Crippen molar-refractivity contribution in [3.8, 4) is 11.5 Å². The number of methoxy groups -OCH3 is 2. The maximum absolute atomic E-state index is 14.3. The van der Waals surface area contributed by atoms with Crippen LogP contribution >= 0.6 is 0 Å².